The SMILES string of the molecule is CC(C)=CCOc1ccc(-c2coc3cc(O)ccc3c2=O)cc1. The number of hydrogen-bond donors (Lipinski definition) is 1. The van der Waals surface area contributed by atoms with Gasteiger partial charge >= 0.3 is 0 Å². The van der Waals surface area contributed by atoms with Gasteiger partial charge in [-0.2, -0.15) is 0 Å². The number of ether oxygens (including phenoxy) is 1. The zero-order valence-corrected chi connectivity index (χ0v) is 13.6. The number of hydrogen-bond acceptors (Lipinski definition) is 4. The van der Waals surface area contributed by atoms with E-state index in [0.29, 0.717) is 23.1 Å². The summed E-state index contributed by atoms with van der Waals surface area (Å²) in [7, 11) is 0. The molecule has 3 aromatic rings. The number of rotatable bonds is 4. The molecule has 0 unspecified atom stereocenters. The first kappa shape index (κ1) is 15.9. The topological polar surface area (TPSA) is 59.7 Å². The third-order valence-corrected chi connectivity index (χ3v) is 3.67. The summed E-state index contributed by atoms with van der Waals surface area (Å²) in [5, 5.41) is 9.90. The van der Waals surface area contributed by atoms with E-state index in [2.05, 4.69) is 0 Å². The fourth-order valence-electron chi connectivity index (χ4n) is 2.35. The summed E-state index contributed by atoms with van der Waals surface area (Å²) in [4.78, 5) is 12.6. The molecule has 0 aliphatic rings. The lowest BCUT2D eigenvalue weighted by Gasteiger charge is -2.06. The first-order chi connectivity index (χ1) is 11.5. The zero-order chi connectivity index (χ0) is 17.1. The second-order valence-corrected chi connectivity index (χ2v) is 5.78. The summed E-state index contributed by atoms with van der Waals surface area (Å²) < 4.78 is 11.1. The lowest BCUT2D eigenvalue weighted by molar-refractivity contribution is 0.362. The van der Waals surface area contributed by atoms with E-state index in [1.807, 2.05) is 44.2 Å². The highest BCUT2D eigenvalue weighted by atomic mass is 16.5. The first-order valence-corrected chi connectivity index (χ1v) is 7.66. The number of allylic oxidation sites excluding steroid dienone is 1. The van der Waals surface area contributed by atoms with Crippen molar-refractivity contribution < 1.29 is 14.3 Å². The lowest BCUT2D eigenvalue weighted by atomic mass is 10.1. The van der Waals surface area contributed by atoms with E-state index in [4.69, 9.17) is 9.15 Å². The Hall–Kier alpha value is -3.01. The third kappa shape index (κ3) is 3.33. The molecule has 1 aromatic heterocycles. The number of phenols is 1. The highest BCUT2D eigenvalue weighted by molar-refractivity contribution is 5.82. The van der Waals surface area contributed by atoms with Crippen LogP contribution in [0.25, 0.3) is 22.1 Å². The smallest absolute Gasteiger partial charge is 0.200 e. The summed E-state index contributed by atoms with van der Waals surface area (Å²) in [6.45, 7) is 4.56. The molecule has 0 spiro atoms. The largest absolute Gasteiger partial charge is 0.508 e. The van der Waals surface area contributed by atoms with Crippen molar-refractivity contribution >= 4 is 11.0 Å². The van der Waals surface area contributed by atoms with Gasteiger partial charge in [0.15, 0.2) is 5.43 Å². The fraction of sp³-hybridized carbons (Fsp3) is 0.150. The molecule has 0 saturated heterocycles. The van der Waals surface area contributed by atoms with Gasteiger partial charge in [0, 0.05) is 6.07 Å². The van der Waals surface area contributed by atoms with E-state index in [-0.39, 0.29) is 11.2 Å². The van der Waals surface area contributed by atoms with Crippen molar-refractivity contribution in [2.24, 2.45) is 0 Å². The number of benzene rings is 2. The molecule has 122 valence electrons. The van der Waals surface area contributed by atoms with Crippen LogP contribution in [-0.4, -0.2) is 11.7 Å². The number of aromatic hydroxyl groups is 1. The molecule has 0 bridgehead atoms. The summed E-state index contributed by atoms with van der Waals surface area (Å²) in [6, 6.07) is 11.8. The Morgan fingerprint density at radius 2 is 1.92 bits per heavy atom. The van der Waals surface area contributed by atoms with Crippen LogP contribution >= 0.6 is 0 Å². The summed E-state index contributed by atoms with van der Waals surface area (Å²) in [5.41, 5.74) is 2.67. The number of fused-ring (bicyclic) bond motifs is 1. The Balaban J connectivity index is 1.90. The van der Waals surface area contributed by atoms with Crippen molar-refractivity contribution in [1.82, 2.24) is 0 Å². The molecule has 1 heterocycles. The second-order valence-electron chi connectivity index (χ2n) is 5.78. The van der Waals surface area contributed by atoms with Gasteiger partial charge in [0.1, 0.15) is 30.0 Å². The monoisotopic (exact) mass is 322 g/mol. The lowest BCUT2D eigenvalue weighted by Crippen LogP contribution is -2.04. The Morgan fingerprint density at radius 1 is 1.17 bits per heavy atom. The average Bonchev–Trinajstić information content (AvgIpc) is 2.55. The molecule has 2 aromatic carbocycles. The van der Waals surface area contributed by atoms with E-state index >= 15 is 0 Å². The average molecular weight is 322 g/mol. The quantitative estimate of drug-likeness (QED) is 0.718. The highest BCUT2D eigenvalue weighted by Gasteiger charge is 2.09. The molecule has 4 nitrogen and oxygen atoms in total. The van der Waals surface area contributed by atoms with Gasteiger partial charge in [-0.05, 0) is 49.8 Å². The molecule has 1 N–H and O–H groups in total. The van der Waals surface area contributed by atoms with Gasteiger partial charge in [-0.3, -0.25) is 4.79 Å². The summed E-state index contributed by atoms with van der Waals surface area (Å²) in [5.74, 6) is 0.808. The maximum atomic E-state index is 12.6. The predicted molar refractivity (Wildman–Crippen MR) is 94.5 cm³/mol. The molecule has 3 rings (SSSR count). The maximum absolute atomic E-state index is 12.6. The minimum atomic E-state index is -0.130. The van der Waals surface area contributed by atoms with Gasteiger partial charge in [-0.25, -0.2) is 0 Å². The van der Waals surface area contributed by atoms with Crippen molar-refractivity contribution in [3.8, 4) is 22.6 Å². The van der Waals surface area contributed by atoms with E-state index in [1.165, 1.54) is 24.0 Å². The molecule has 0 atom stereocenters. The van der Waals surface area contributed by atoms with E-state index < -0.39 is 0 Å². The minimum absolute atomic E-state index is 0.0660. The van der Waals surface area contributed by atoms with Gasteiger partial charge in [-0.1, -0.05) is 17.7 Å². The molecular formula is C20H18O4. The fourth-order valence-corrected chi connectivity index (χ4v) is 2.35. The minimum Gasteiger partial charge on any atom is -0.508 e. The molecular weight excluding hydrogens is 304 g/mol. The predicted octanol–water partition coefficient (Wildman–Crippen LogP) is 4.51. The van der Waals surface area contributed by atoms with Crippen LogP contribution in [-0.2, 0) is 0 Å². The van der Waals surface area contributed by atoms with Crippen LogP contribution in [0.15, 0.2) is 69.6 Å². The van der Waals surface area contributed by atoms with E-state index in [0.717, 1.165) is 11.3 Å². The first-order valence-electron chi connectivity index (χ1n) is 7.66. The molecule has 0 aliphatic carbocycles. The number of phenolic OH excluding ortho intramolecular Hbond substituents is 1. The molecule has 4 heteroatoms. The van der Waals surface area contributed by atoms with Crippen molar-refractivity contribution in [2.75, 3.05) is 6.61 Å². The Bertz CT molecular complexity index is 946. The molecule has 0 fully saturated rings. The highest BCUT2D eigenvalue weighted by Crippen LogP contribution is 2.24. The third-order valence-electron chi connectivity index (χ3n) is 3.67. The van der Waals surface area contributed by atoms with Crippen molar-refractivity contribution in [3.63, 3.8) is 0 Å². The molecule has 0 saturated carbocycles. The normalized spacial score (nSPS) is 10.6. The van der Waals surface area contributed by atoms with Gasteiger partial charge in [0.05, 0.1) is 10.9 Å². The standard InChI is InChI=1S/C20H18O4/c1-13(2)9-10-23-16-6-3-14(4-7-16)18-12-24-19-11-15(21)5-8-17(19)20(18)22/h3-9,11-12,21H,10H2,1-2H3. The van der Waals surface area contributed by atoms with E-state index in [1.54, 1.807) is 6.07 Å². The van der Waals surface area contributed by atoms with Crippen LogP contribution in [0.2, 0.25) is 0 Å². The summed E-state index contributed by atoms with van der Waals surface area (Å²) in [6.07, 6.45) is 3.42. The van der Waals surface area contributed by atoms with Crippen LogP contribution < -0.4 is 10.2 Å². The molecule has 0 radical (unpaired) electrons. The van der Waals surface area contributed by atoms with Gasteiger partial charge in [0.2, 0.25) is 0 Å². The van der Waals surface area contributed by atoms with Crippen molar-refractivity contribution in [2.45, 2.75) is 13.8 Å². The Kier molecular flexibility index (Phi) is 4.38. The Labute approximate surface area is 139 Å². The van der Waals surface area contributed by atoms with Crippen LogP contribution in [0.4, 0.5) is 0 Å². The van der Waals surface area contributed by atoms with Crippen molar-refractivity contribution in [1.29, 1.82) is 0 Å². The van der Waals surface area contributed by atoms with Gasteiger partial charge in [-0.15, -0.1) is 0 Å². The molecule has 24 heavy (non-hydrogen) atoms. The van der Waals surface area contributed by atoms with Crippen LogP contribution in [0.3, 0.4) is 0 Å². The maximum Gasteiger partial charge on any atom is 0.200 e. The van der Waals surface area contributed by atoms with Gasteiger partial charge < -0.3 is 14.3 Å². The van der Waals surface area contributed by atoms with Crippen LogP contribution in [0.5, 0.6) is 11.5 Å². The van der Waals surface area contributed by atoms with E-state index in [9.17, 15) is 9.90 Å². The van der Waals surface area contributed by atoms with Crippen LogP contribution in [0.1, 0.15) is 13.8 Å². The summed E-state index contributed by atoms with van der Waals surface area (Å²) >= 11 is 0. The molecule has 0 amide bonds. The zero-order valence-electron chi connectivity index (χ0n) is 13.6. The van der Waals surface area contributed by atoms with Crippen molar-refractivity contribution in [3.05, 3.63) is 70.6 Å². The molecule has 0 aliphatic heterocycles. The van der Waals surface area contributed by atoms with Crippen LogP contribution in [0, 0.1) is 0 Å². The van der Waals surface area contributed by atoms with Gasteiger partial charge in [0.25, 0.3) is 0 Å². The Morgan fingerprint density at radius 3 is 2.62 bits per heavy atom. The second kappa shape index (κ2) is 6.62.